The van der Waals surface area contributed by atoms with E-state index in [2.05, 4.69) is 174 Å². The predicted molar refractivity (Wildman–Crippen MR) is 251 cm³/mol. The van der Waals surface area contributed by atoms with Gasteiger partial charge in [-0.05, 0) is 75.7 Å². The lowest BCUT2D eigenvalue weighted by Gasteiger charge is -2.28. The Morgan fingerprint density at radius 1 is 0.377 bits per heavy atom. The molecule has 0 saturated carbocycles. The standard InChI is InChI=1S/C56H37N5/c1-4-17-36(18-5-1)54-58-55(37-19-6-2-7-20-37)60-56(59-54)40-22-16-21-38(33-40)47-35-49-44-27-11-10-25-42(44)43-26-12-13-29-46(43)53(49)57-52(47)39-31-32-51-48(34-39)45-28-14-15-30-50(45)61(51)41-23-8-3-9-24-41/h1-34,47H,35H2. The Hall–Kier alpha value is -8.02. The van der Waals surface area contributed by atoms with E-state index >= 15 is 0 Å². The van der Waals surface area contributed by atoms with E-state index in [1.807, 2.05) is 36.4 Å². The molecule has 1 aliphatic heterocycles. The number of hydrogen-bond donors (Lipinski definition) is 0. The van der Waals surface area contributed by atoms with Gasteiger partial charge < -0.3 is 4.57 Å². The molecule has 9 aromatic carbocycles. The van der Waals surface area contributed by atoms with Gasteiger partial charge in [0.15, 0.2) is 17.5 Å². The van der Waals surface area contributed by atoms with Gasteiger partial charge in [-0.2, -0.15) is 0 Å². The number of rotatable bonds is 6. The van der Waals surface area contributed by atoms with E-state index < -0.39 is 0 Å². The molecule has 12 rings (SSSR count). The lowest BCUT2D eigenvalue weighted by atomic mass is 9.79. The molecule has 61 heavy (non-hydrogen) atoms. The second-order valence-corrected chi connectivity index (χ2v) is 15.8. The number of para-hydroxylation sites is 2. The van der Waals surface area contributed by atoms with Gasteiger partial charge in [-0.15, -0.1) is 0 Å². The van der Waals surface area contributed by atoms with Crippen LogP contribution < -0.4 is 0 Å². The summed E-state index contributed by atoms with van der Waals surface area (Å²) in [6.07, 6.45) is 0.786. The normalized spacial score (nSPS) is 13.8. The Kier molecular flexibility index (Phi) is 8.23. The third kappa shape index (κ3) is 5.93. The molecule has 0 bridgehead atoms. The summed E-state index contributed by atoms with van der Waals surface area (Å²) in [7, 11) is 0. The number of hydrogen-bond acceptors (Lipinski definition) is 4. The monoisotopic (exact) mass is 779 g/mol. The molecule has 5 nitrogen and oxygen atoms in total. The van der Waals surface area contributed by atoms with E-state index in [4.69, 9.17) is 19.9 Å². The molecule has 0 aliphatic carbocycles. The summed E-state index contributed by atoms with van der Waals surface area (Å²) in [5.74, 6) is 1.87. The van der Waals surface area contributed by atoms with Gasteiger partial charge in [0.25, 0.3) is 0 Å². The van der Waals surface area contributed by atoms with E-state index in [1.54, 1.807) is 0 Å². The van der Waals surface area contributed by atoms with Crippen LogP contribution in [-0.4, -0.2) is 25.2 Å². The van der Waals surface area contributed by atoms with Crippen LogP contribution in [0.15, 0.2) is 211 Å². The SMILES string of the molecule is c1ccc(-c2nc(-c3ccccc3)nc(-c3cccc(C4Cc5c(c6ccccc6c6ccccc56)N=C4c4ccc5c(c4)c4ccccc4n5-c4ccccc4)c3)n2)cc1. The molecule has 11 aromatic rings. The Labute approximate surface area is 353 Å². The number of fused-ring (bicyclic) bond motifs is 9. The predicted octanol–water partition coefficient (Wildman–Crippen LogP) is 13.7. The van der Waals surface area contributed by atoms with Crippen molar-refractivity contribution in [3.05, 3.63) is 223 Å². The van der Waals surface area contributed by atoms with Crippen LogP contribution in [0.4, 0.5) is 5.69 Å². The van der Waals surface area contributed by atoms with Gasteiger partial charge in [0, 0.05) is 44.5 Å². The minimum absolute atomic E-state index is 0.0547. The Balaban J connectivity index is 1.07. The molecule has 1 atom stereocenters. The third-order valence-electron chi connectivity index (χ3n) is 12.2. The zero-order chi connectivity index (χ0) is 40.3. The minimum Gasteiger partial charge on any atom is -0.309 e. The second-order valence-electron chi connectivity index (χ2n) is 15.8. The van der Waals surface area contributed by atoms with Crippen molar-refractivity contribution < 1.29 is 0 Å². The molecular formula is C56H37N5. The average molecular weight is 780 g/mol. The number of nitrogens with zero attached hydrogens (tertiary/aromatic N) is 5. The highest BCUT2D eigenvalue weighted by Crippen LogP contribution is 2.46. The average Bonchev–Trinajstić information content (AvgIpc) is 3.68. The fourth-order valence-corrected chi connectivity index (χ4v) is 9.39. The molecule has 5 heteroatoms. The molecule has 0 fully saturated rings. The fourth-order valence-electron chi connectivity index (χ4n) is 9.39. The van der Waals surface area contributed by atoms with E-state index in [0.717, 1.165) is 51.3 Å². The highest BCUT2D eigenvalue weighted by Gasteiger charge is 2.30. The van der Waals surface area contributed by atoms with Crippen molar-refractivity contribution in [2.24, 2.45) is 4.99 Å². The summed E-state index contributed by atoms with van der Waals surface area (Å²) in [6, 6.07) is 72.9. The quantitative estimate of drug-likeness (QED) is 0.158. The molecule has 0 amide bonds. The summed E-state index contributed by atoms with van der Waals surface area (Å²) < 4.78 is 2.37. The number of benzene rings is 9. The van der Waals surface area contributed by atoms with Gasteiger partial charge in [-0.3, -0.25) is 4.99 Å². The molecule has 3 heterocycles. The molecule has 286 valence electrons. The number of aliphatic imine (C=N–C) groups is 1. The van der Waals surface area contributed by atoms with Crippen LogP contribution in [0.5, 0.6) is 0 Å². The summed E-state index contributed by atoms with van der Waals surface area (Å²) in [5.41, 5.74) is 12.0. The summed E-state index contributed by atoms with van der Waals surface area (Å²) in [5, 5.41) is 7.32. The summed E-state index contributed by atoms with van der Waals surface area (Å²) in [4.78, 5) is 21.0. The highest BCUT2D eigenvalue weighted by atomic mass is 15.0. The van der Waals surface area contributed by atoms with Crippen molar-refractivity contribution in [2.75, 3.05) is 0 Å². The van der Waals surface area contributed by atoms with Crippen LogP contribution in [-0.2, 0) is 6.42 Å². The Bertz CT molecular complexity index is 3440. The molecule has 0 spiro atoms. The lowest BCUT2D eigenvalue weighted by molar-refractivity contribution is 0.867. The van der Waals surface area contributed by atoms with Gasteiger partial charge in [0.05, 0.1) is 22.4 Å². The maximum Gasteiger partial charge on any atom is 0.164 e. The summed E-state index contributed by atoms with van der Waals surface area (Å²) in [6.45, 7) is 0. The van der Waals surface area contributed by atoms with E-state index in [1.165, 1.54) is 48.9 Å². The molecule has 1 aliphatic rings. The van der Waals surface area contributed by atoms with Gasteiger partial charge in [0.1, 0.15) is 0 Å². The molecule has 0 radical (unpaired) electrons. The first-order chi connectivity index (χ1) is 30.2. The van der Waals surface area contributed by atoms with E-state index in [9.17, 15) is 0 Å². The number of aromatic nitrogens is 4. The second kappa shape index (κ2) is 14.4. The van der Waals surface area contributed by atoms with Gasteiger partial charge >= 0.3 is 0 Å². The first-order valence-corrected chi connectivity index (χ1v) is 20.8. The fraction of sp³-hybridized carbons (Fsp3) is 0.0357. The molecule has 0 N–H and O–H groups in total. The van der Waals surface area contributed by atoms with Gasteiger partial charge in [-0.1, -0.05) is 170 Å². The first kappa shape index (κ1) is 35.0. The van der Waals surface area contributed by atoms with Crippen LogP contribution in [0, 0.1) is 0 Å². The zero-order valence-electron chi connectivity index (χ0n) is 33.2. The third-order valence-corrected chi connectivity index (χ3v) is 12.2. The van der Waals surface area contributed by atoms with Crippen molar-refractivity contribution in [2.45, 2.75) is 12.3 Å². The topological polar surface area (TPSA) is 56.0 Å². The molecule has 2 aromatic heterocycles. The zero-order valence-corrected chi connectivity index (χ0v) is 33.2. The van der Waals surface area contributed by atoms with E-state index in [-0.39, 0.29) is 5.92 Å². The van der Waals surface area contributed by atoms with Crippen LogP contribution in [0.2, 0.25) is 0 Å². The van der Waals surface area contributed by atoms with Crippen LogP contribution >= 0.6 is 0 Å². The Morgan fingerprint density at radius 2 is 0.902 bits per heavy atom. The van der Waals surface area contributed by atoms with Crippen LogP contribution in [0.1, 0.15) is 22.6 Å². The van der Waals surface area contributed by atoms with E-state index in [0.29, 0.717) is 17.5 Å². The van der Waals surface area contributed by atoms with Crippen molar-refractivity contribution >= 4 is 54.7 Å². The maximum atomic E-state index is 5.78. The Morgan fingerprint density at radius 3 is 1.59 bits per heavy atom. The summed E-state index contributed by atoms with van der Waals surface area (Å²) >= 11 is 0. The van der Waals surface area contributed by atoms with Crippen LogP contribution in [0.3, 0.4) is 0 Å². The van der Waals surface area contributed by atoms with Crippen molar-refractivity contribution in [1.29, 1.82) is 0 Å². The highest BCUT2D eigenvalue weighted by molar-refractivity contribution is 6.20. The van der Waals surface area contributed by atoms with Crippen molar-refractivity contribution in [1.82, 2.24) is 19.5 Å². The van der Waals surface area contributed by atoms with Crippen molar-refractivity contribution in [3.8, 4) is 39.9 Å². The molecule has 0 saturated heterocycles. The molecule has 1 unspecified atom stereocenters. The van der Waals surface area contributed by atoms with Crippen molar-refractivity contribution in [3.63, 3.8) is 0 Å². The van der Waals surface area contributed by atoms with Gasteiger partial charge in [0.2, 0.25) is 0 Å². The minimum atomic E-state index is -0.0547. The van der Waals surface area contributed by atoms with Crippen LogP contribution in [0.25, 0.3) is 83.2 Å². The maximum absolute atomic E-state index is 5.78. The molecular weight excluding hydrogens is 743 g/mol. The largest absolute Gasteiger partial charge is 0.309 e. The lowest BCUT2D eigenvalue weighted by Crippen LogP contribution is -2.20. The first-order valence-electron chi connectivity index (χ1n) is 20.8. The smallest absolute Gasteiger partial charge is 0.164 e. The van der Waals surface area contributed by atoms with Gasteiger partial charge in [-0.25, -0.2) is 15.0 Å².